The quantitative estimate of drug-likeness (QED) is 0.862. The van der Waals surface area contributed by atoms with Gasteiger partial charge in [0.1, 0.15) is 0 Å². The van der Waals surface area contributed by atoms with Crippen LogP contribution in [-0.4, -0.2) is 34.5 Å². The van der Waals surface area contributed by atoms with Crippen molar-refractivity contribution in [2.75, 3.05) is 25.1 Å². The van der Waals surface area contributed by atoms with Crippen LogP contribution in [0.3, 0.4) is 0 Å². The highest BCUT2D eigenvalue weighted by molar-refractivity contribution is 7.85. The monoisotopic (exact) mass is 280 g/mol. The number of nitrogen functional groups attached to an aromatic ring is 1. The molecule has 1 aliphatic heterocycles. The largest absolute Gasteiger partial charge is 0.399 e. The number of aryl methyl sites for hydroxylation is 1. The Kier molecular flexibility index (Phi) is 4.99. The zero-order valence-electron chi connectivity index (χ0n) is 11.9. The molecule has 3 nitrogen and oxygen atoms in total. The molecule has 2 atom stereocenters. The number of hydrogen-bond donors (Lipinski definition) is 1. The molecule has 0 amide bonds. The molecule has 1 saturated heterocycles. The smallest absolute Gasteiger partial charge is 0.0530 e. The van der Waals surface area contributed by atoms with Crippen molar-refractivity contribution in [2.45, 2.75) is 43.5 Å². The topological polar surface area (TPSA) is 46.3 Å². The Morgan fingerprint density at radius 2 is 2.21 bits per heavy atom. The molecule has 0 bridgehead atoms. The summed E-state index contributed by atoms with van der Waals surface area (Å²) in [5, 5.41) is 0. The molecule has 2 rings (SSSR count). The molecule has 1 aliphatic rings. The lowest BCUT2D eigenvalue weighted by atomic mass is 10.0. The van der Waals surface area contributed by atoms with Gasteiger partial charge in [-0.25, -0.2) is 0 Å². The van der Waals surface area contributed by atoms with E-state index in [9.17, 15) is 4.21 Å². The van der Waals surface area contributed by atoms with E-state index in [1.54, 1.807) is 0 Å². The molecule has 19 heavy (non-hydrogen) atoms. The summed E-state index contributed by atoms with van der Waals surface area (Å²) in [5.41, 5.74) is 7.58. The van der Waals surface area contributed by atoms with E-state index in [1.807, 2.05) is 25.1 Å². The van der Waals surface area contributed by atoms with Crippen LogP contribution in [0.5, 0.6) is 0 Å². The number of anilines is 1. The van der Waals surface area contributed by atoms with Gasteiger partial charge in [-0.3, -0.25) is 4.21 Å². The number of likely N-dealkylation sites (tertiary alicyclic amines) is 1. The van der Waals surface area contributed by atoms with Crippen molar-refractivity contribution in [3.63, 3.8) is 0 Å². The second-order valence-corrected chi connectivity index (χ2v) is 7.06. The van der Waals surface area contributed by atoms with Crippen LogP contribution in [-0.2, 0) is 10.8 Å². The van der Waals surface area contributed by atoms with Crippen LogP contribution >= 0.6 is 0 Å². The summed E-state index contributed by atoms with van der Waals surface area (Å²) in [6.07, 6.45) is 4.87. The summed E-state index contributed by atoms with van der Waals surface area (Å²) >= 11 is 0. The predicted molar refractivity (Wildman–Crippen MR) is 81.8 cm³/mol. The first-order valence-electron chi connectivity index (χ1n) is 7.02. The van der Waals surface area contributed by atoms with Crippen molar-refractivity contribution in [1.82, 2.24) is 4.90 Å². The summed E-state index contributed by atoms with van der Waals surface area (Å²) in [5.74, 6) is 0.748. The average molecular weight is 280 g/mol. The van der Waals surface area contributed by atoms with Gasteiger partial charge in [0.05, 0.1) is 10.8 Å². The lowest BCUT2D eigenvalue weighted by Crippen LogP contribution is -2.37. The van der Waals surface area contributed by atoms with Gasteiger partial charge in [0, 0.05) is 22.4 Å². The van der Waals surface area contributed by atoms with Crippen molar-refractivity contribution in [1.29, 1.82) is 0 Å². The van der Waals surface area contributed by atoms with E-state index in [0.717, 1.165) is 28.3 Å². The van der Waals surface area contributed by atoms with E-state index in [-0.39, 0.29) is 0 Å². The highest BCUT2D eigenvalue weighted by Crippen LogP contribution is 2.20. The van der Waals surface area contributed by atoms with Gasteiger partial charge in [-0.1, -0.05) is 6.42 Å². The molecule has 106 valence electrons. The fraction of sp³-hybridized carbons (Fsp3) is 0.600. The van der Waals surface area contributed by atoms with Gasteiger partial charge in [-0.2, -0.15) is 0 Å². The maximum absolute atomic E-state index is 12.3. The van der Waals surface area contributed by atoms with Crippen LogP contribution < -0.4 is 5.73 Å². The van der Waals surface area contributed by atoms with Crippen molar-refractivity contribution in [2.24, 2.45) is 0 Å². The molecule has 2 N–H and O–H groups in total. The van der Waals surface area contributed by atoms with Crippen LogP contribution in [0.15, 0.2) is 23.1 Å². The highest BCUT2D eigenvalue weighted by Gasteiger charge is 2.19. The SMILES string of the molecule is Cc1cc(S(=O)CCC2CCCCN2C)ccc1N. The van der Waals surface area contributed by atoms with Gasteiger partial charge < -0.3 is 10.6 Å². The Labute approximate surface area is 118 Å². The second kappa shape index (κ2) is 6.53. The third-order valence-electron chi connectivity index (χ3n) is 4.06. The van der Waals surface area contributed by atoms with Gasteiger partial charge in [0.25, 0.3) is 0 Å². The van der Waals surface area contributed by atoms with E-state index >= 15 is 0 Å². The minimum atomic E-state index is -0.901. The van der Waals surface area contributed by atoms with Crippen LogP contribution in [0.25, 0.3) is 0 Å². The number of rotatable bonds is 4. The van der Waals surface area contributed by atoms with Crippen LogP contribution in [0.4, 0.5) is 5.69 Å². The van der Waals surface area contributed by atoms with E-state index in [2.05, 4.69) is 11.9 Å². The van der Waals surface area contributed by atoms with Gasteiger partial charge in [-0.05, 0) is 63.5 Å². The first-order valence-corrected chi connectivity index (χ1v) is 8.34. The third-order valence-corrected chi connectivity index (χ3v) is 5.45. The first kappa shape index (κ1) is 14.5. The number of hydrogen-bond acceptors (Lipinski definition) is 3. The molecular formula is C15H24N2OS. The molecule has 1 heterocycles. The van der Waals surface area contributed by atoms with Crippen LogP contribution in [0, 0.1) is 6.92 Å². The third kappa shape index (κ3) is 3.80. The van der Waals surface area contributed by atoms with Crippen molar-refractivity contribution < 1.29 is 4.21 Å². The van der Waals surface area contributed by atoms with Gasteiger partial charge in [0.15, 0.2) is 0 Å². The normalized spacial score (nSPS) is 22.3. The van der Waals surface area contributed by atoms with E-state index < -0.39 is 10.8 Å². The van der Waals surface area contributed by atoms with Crippen molar-refractivity contribution in [3.8, 4) is 0 Å². The molecule has 1 fully saturated rings. The maximum atomic E-state index is 12.3. The van der Waals surface area contributed by atoms with Crippen LogP contribution in [0.1, 0.15) is 31.2 Å². The Hall–Kier alpha value is -0.870. The second-order valence-electron chi connectivity index (χ2n) is 5.49. The molecule has 1 aromatic rings. The maximum Gasteiger partial charge on any atom is 0.0530 e. The predicted octanol–water partition coefficient (Wildman–Crippen LogP) is 2.56. The molecule has 1 aromatic carbocycles. The van der Waals surface area contributed by atoms with E-state index in [1.165, 1.54) is 25.8 Å². The summed E-state index contributed by atoms with van der Waals surface area (Å²) in [4.78, 5) is 3.32. The molecule has 0 aliphatic carbocycles. The fourth-order valence-electron chi connectivity index (χ4n) is 2.66. The standard InChI is InChI=1S/C15H24N2OS/c1-12-11-14(6-7-15(12)16)19(18)10-8-13-5-3-4-9-17(13)2/h6-7,11,13H,3-5,8-10,16H2,1-2H3. The minimum absolute atomic E-state index is 0.604. The molecule has 2 unspecified atom stereocenters. The Morgan fingerprint density at radius 1 is 1.42 bits per heavy atom. The van der Waals surface area contributed by atoms with Gasteiger partial charge in [0.2, 0.25) is 0 Å². The lowest BCUT2D eigenvalue weighted by molar-refractivity contribution is 0.182. The van der Waals surface area contributed by atoms with Gasteiger partial charge >= 0.3 is 0 Å². The number of piperidine rings is 1. The molecular weight excluding hydrogens is 256 g/mol. The Bertz CT molecular complexity index is 461. The van der Waals surface area contributed by atoms with Crippen LogP contribution in [0.2, 0.25) is 0 Å². The van der Waals surface area contributed by atoms with Crippen molar-refractivity contribution >= 4 is 16.5 Å². The van der Waals surface area contributed by atoms with E-state index in [0.29, 0.717) is 6.04 Å². The average Bonchev–Trinajstić information content (AvgIpc) is 2.40. The molecule has 4 heteroatoms. The molecule has 0 spiro atoms. The fourth-order valence-corrected chi connectivity index (χ4v) is 3.91. The minimum Gasteiger partial charge on any atom is -0.399 e. The number of nitrogens with two attached hydrogens (primary N) is 1. The summed E-state index contributed by atoms with van der Waals surface area (Å²) in [7, 11) is 1.28. The van der Waals surface area contributed by atoms with Gasteiger partial charge in [-0.15, -0.1) is 0 Å². The molecule has 0 radical (unpaired) electrons. The Morgan fingerprint density at radius 3 is 2.89 bits per heavy atom. The number of benzene rings is 1. The Balaban J connectivity index is 1.91. The molecule has 0 saturated carbocycles. The van der Waals surface area contributed by atoms with E-state index in [4.69, 9.17) is 5.73 Å². The zero-order valence-corrected chi connectivity index (χ0v) is 12.7. The van der Waals surface area contributed by atoms with Crippen molar-refractivity contribution in [3.05, 3.63) is 23.8 Å². The molecule has 0 aromatic heterocycles. The number of nitrogens with zero attached hydrogens (tertiary/aromatic N) is 1. The summed E-state index contributed by atoms with van der Waals surface area (Å²) in [6, 6.07) is 6.31. The first-order chi connectivity index (χ1) is 9.08. The summed E-state index contributed by atoms with van der Waals surface area (Å²) < 4.78 is 12.3. The zero-order chi connectivity index (χ0) is 13.8. The summed E-state index contributed by atoms with van der Waals surface area (Å²) in [6.45, 7) is 3.14. The highest BCUT2D eigenvalue weighted by atomic mass is 32.2. The lowest BCUT2D eigenvalue weighted by Gasteiger charge is -2.32.